The Labute approximate surface area is 119 Å². The van der Waals surface area contributed by atoms with Crippen molar-refractivity contribution >= 4 is 10.0 Å². The fourth-order valence-corrected chi connectivity index (χ4v) is 2.80. The molecule has 0 fully saturated rings. The highest BCUT2D eigenvalue weighted by Gasteiger charge is 2.24. The molecule has 0 saturated carbocycles. The van der Waals surface area contributed by atoms with Gasteiger partial charge in [-0.3, -0.25) is 0 Å². The smallest absolute Gasteiger partial charge is 0.243 e. The fourth-order valence-electron chi connectivity index (χ4n) is 1.45. The average molecular weight is 297 g/mol. The predicted molar refractivity (Wildman–Crippen MR) is 76.5 cm³/mol. The second-order valence-corrected chi connectivity index (χ2v) is 6.35. The molecule has 1 rings (SSSR count). The molecule has 0 aliphatic heterocycles. The SMILES string of the molecule is CC(CO)N(C)S(=O)(=O)c1ccc(C#CCCO)cc1. The molecule has 0 radical (unpaired) electrons. The Morgan fingerprint density at radius 3 is 2.35 bits per heavy atom. The molecule has 1 unspecified atom stereocenters. The van der Waals surface area contributed by atoms with E-state index in [0.717, 1.165) is 4.31 Å². The first kappa shape index (κ1) is 16.7. The molecule has 0 bridgehead atoms. The molecule has 1 atom stereocenters. The molecule has 20 heavy (non-hydrogen) atoms. The van der Waals surface area contributed by atoms with E-state index in [0.29, 0.717) is 12.0 Å². The molecule has 5 nitrogen and oxygen atoms in total. The van der Waals surface area contributed by atoms with Crippen LogP contribution in [-0.4, -0.2) is 49.2 Å². The lowest BCUT2D eigenvalue weighted by Crippen LogP contribution is -2.37. The van der Waals surface area contributed by atoms with Crippen molar-refractivity contribution in [3.63, 3.8) is 0 Å². The Hall–Kier alpha value is -1.39. The summed E-state index contributed by atoms with van der Waals surface area (Å²) in [7, 11) is -2.17. The van der Waals surface area contributed by atoms with E-state index in [1.807, 2.05) is 0 Å². The van der Waals surface area contributed by atoms with Gasteiger partial charge < -0.3 is 10.2 Å². The van der Waals surface area contributed by atoms with Crippen LogP contribution >= 0.6 is 0 Å². The van der Waals surface area contributed by atoms with Crippen LogP contribution in [0.2, 0.25) is 0 Å². The van der Waals surface area contributed by atoms with Crippen LogP contribution < -0.4 is 0 Å². The van der Waals surface area contributed by atoms with Crippen LogP contribution in [0.25, 0.3) is 0 Å². The van der Waals surface area contributed by atoms with Gasteiger partial charge in [0, 0.05) is 25.1 Å². The van der Waals surface area contributed by atoms with Crippen molar-refractivity contribution in [3.05, 3.63) is 29.8 Å². The number of hydrogen-bond donors (Lipinski definition) is 2. The third-order valence-electron chi connectivity index (χ3n) is 2.89. The monoisotopic (exact) mass is 297 g/mol. The van der Waals surface area contributed by atoms with Crippen LogP contribution in [0.3, 0.4) is 0 Å². The summed E-state index contributed by atoms with van der Waals surface area (Å²) in [6, 6.07) is 5.73. The summed E-state index contributed by atoms with van der Waals surface area (Å²) >= 11 is 0. The second-order valence-electron chi connectivity index (χ2n) is 4.35. The Morgan fingerprint density at radius 2 is 1.85 bits per heavy atom. The lowest BCUT2D eigenvalue weighted by molar-refractivity contribution is 0.214. The van der Waals surface area contributed by atoms with Crippen LogP contribution in [0, 0.1) is 11.8 Å². The highest BCUT2D eigenvalue weighted by molar-refractivity contribution is 7.89. The van der Waals surface area contributed by atoms with Crippen molar-refractivity contribution in [2.75, 3.05) is 20.3 Å². The van der Waals surface area contributed by atoms with Gasteiger partial charge in [0.1, 0.15) is 0 Å². The summed E-state index contributed by atoms with van der Waals surface area (Å²) in [6.45, 7) is 1.40. The maximum absolute atomic E-state index is 12.2. The van der Waals surface area contributed by atoms with E-state index in [9.17, 15) is 8.42 Å². The van der Waals surface area contributed by atoms with Gasteiger partial charge >= 0.3 is 0 Å². The first-order valence-electron chi connectivity index (χ1n) is 6.22. The van der Waals surface area contributed by atoms with Crippen LogP contribution in [0.4, 0.5) is 0 Å². The minimum absolute atomic E-state index is 0.00328. The molecule has 0 spiro atoms. The zero-order valence-electron chi connectivity index (χ0n) is 11.6. The molecule has 0 aliphatic carbocycles. The third-order valence-corrected chi connectivity index (χ3v) is 4.87. The summed E-state index contributed by atoms with van der Waals surface area (Å²) in [5, 5.41) is 17.7. The number of rotatable bonds is 5. The van der Waals surface area contributed by atoms with Gasteiger partial charge in [0.2, 0.25) is 10.0 Å². The molecule has 0 heterocycles. The summed E-state index contributed by atoms with van der Waals surface area (Å²) in [5.74, 6) is 5.60. The molecule has 0 amide bonds. The number of aliphatic hydroxyl groups excluding tert-OH is 2. The van der Waals surface area contributed by atoms with Crippen molar-refractivity contribution in [3.8, 4) is 11.8 Å². The average Bonchev–Trinajstić information content (AvgIpc) is 2.46. The fraction of sp³-hybridized carbons (Fsp3) is 0.429. The number of likely N-dealkylation sites (N-methyl/N-ethyl adjacent to an activating group) is 1. The van der Waals surface area contributed by atoms with Crippen LogP contribution in [0.1, 0.15) is 18.9 Å². The predicted octanol–water partition coefficient (Wildman–Crippen LogP) is 0.422. The topological polar surface area (TPSA) is 77.8 Å². The Balaban J connectivity index is 2.96. The van der Waals surface area contributed by atoms with Crippen LogP contribution in [0.5, 0.6) is 0 Å². The van der Waals surface area contributed by atoms with Gasteiger partial charge in [0.25, 0.3) is 0 Å². The molecule has 2 N–H and O–H groups in total. The first-order valence-corrected chi connectivity index (χ1v) is 7.66. The quantitative estimate of drug-likeness (QED) is 0.772. The molecule has 0 aromatic heterocycles. The maximum atomic E-state index is 12.2. The van der Waals surface area contributed by atoms with Gasteiger partial charge in [-0.15, -0.1) is 0 Å². The molecule has 1 aromatic rings. The van der Waals surface area contributed by atoms with E-state index in [4.69, 9.17) is 10.2 Å². The van der Waals surface area contributed by atoms with Gasteiger partial charge in [-0.1, -0.05) is 11.8 Å². The van der Waals surface area contributed by atoms with Gasteiger partial charge in [0.15, 0.2) is 0 Å². The summed E-state index contributed by atoms with van der Waals surface area (Å²) in [4.78, 5) is 0.160. The minimum atomic E-state index is -3.61. The zero-order valence-corrected chi connectivity index (χ0v) is 12.4. The van der Waals surface area contributed by atoms with Gasteiger partial charge in [0.05, 0.1) is 18.1 Å². The Morgan fingerprint density at radius 1 is 1.25 bits per heavy atom. The highest BCUT2D eigenvalue weighted by Crippen LogP contribution is 2.16. The number of sulfonamides is 1. The summed E-state index contributed by atoms with van der Waals surface area (Å²) < 4.78 is 25.6. The maximum Gasteiger partial charge on any atom is 0.243 e. The summed E-state index contributed by atoms with van der Waals surface area (Å²) in [6.07, 6.45) is 0.386. The highest BCUT2D eigenvalue weighted by atomic mass is 32.2. The standard InChI is InChI=1S/C14H19NO4S/c1-12(11-17)15(2)20(18,19)14-8-6-13(7-9-14)5-3-4-10-16/h6-9,12,16-17H,4,10-11H2,1-2H3. The van der Waals surface area contributed by atoms with Crippen molar-refractivity contribution in [2.45, 2.75) is 24.3 Å². The molecule has 0 aliphatic rings. The Bertz CT molecular complexity index is 584. The second kappa shape index (κ2) is 7.41. The van der Waals surface area contributed by atoms with Crippen molar-refractivity contribution in [1.29, 1.82) is 0 Å². The largest absolute Gasteiger partial charge is 0.395 e. The number of aliphatic hydroxyl groups is 2. The zero-order chi connectivity index (χ0) is 15.2. The first-order chi connectivity index (χ1) is 9.43. The van der Waals surface area contributed by atoms with E-state index < -0.39 is 16.1 Å². The minimum Gasteiger partial charge on any atom is -0.395 e. The molecule has 0 saturated heterocycles. The van der Waals surface area contributed by atoms with Crippen molar-refractivity contribution in [1.82, 2.24) is 4.31 Å². The molecular formula is C14H19NO4S. The van der Waals surface area contributed by atoms with Crippen LogP contribution in [-0.2, 0) is 10.0 Å². The van der Waals surface area contributed by atoms with Gasteiger partial charge in [-0.2, -0.15) is 4.31 Å². The van der Waals surface area contributed by atoms with Crippen LogP contribution in [0.15, 0.2) is 29.2 Å². The molecule has 6 heteroatoms. The normalized spacial score (nSPS) is 12.8. The summed E-state index contributed by atoms with van der Waals surface area (Å²) in [5.41, 5.74) is 0.690. The van der Waals surface area contributed by atoms with E-state index in [1.165, 1.54) is 19.2 Å². The number of benzene rings is 1. The van der Waals surface area contributed by atoms with E-state index in [2.05, 4.69) is 11.8 Å². The molecule has 1 aromatic carbocycles. The molecular weight excluding hydrogens is 278 g/mol. The molecule has 110 valence electrons. The van der Waals surface area contributed by atoms with E-state index in [1.54, 1.807) is 19.1 Å². The Kier molecular flexibility index (Phi) is 6.17. The van der Waals surface area contributed by atoms with Crippen molar-refractivity contribution < 1.29 is 18.6 Å². The number of hydrogen-bond acceptors (Lipinski definition) is 4. The lowest BCUT2D eigenvalue weighted by Gasteiger charge is -2.22. The van der Waals surface area contributed by atoms with Gasteiger partial charge in [-0.25, -0.2) is 8.42 Å². The van der Waals surface area contributed by atoms with E-state index >= 15 is 0 Å². The number of nitrogens with zero attached hydrogens (tertiary/aromatic N) is 1. The van der Waals surface area contributed by atoms with E-state index in [-0.39, 0.29) is 18.1 Å². The lowest BCUT2D eigenvalue weighted by atomic mass is 10.2. The van der Waals surface area contributed by atoms with Crippen molar-refractivity contribution in [2.24, 2.45) is 0 Å². The third kappa shape index (κ3) is 4.05. The van der Waals surface area contributed by atoms with Gasteiger partial charge in [-0.05, 0) is 31.2 Å².